The van der Waals surface area contributed by atoms with Gasteiger partial charge in [0, 0.05) is 37.7 Å². The molecule has 0 spiro atoms. The Bertz CT molecular complexity index is 2900. The number of halogens is 1. The molecule has 0 bridgehead atoms. The van der Waals surface area contributed by atoms with Crippen molar-refractivity contribution >= 4 is 71.3 Å². The molecule has 0 saturated carbocycles. The predicted octanol–water partition coefficient (Wildman–Crippen LogP) is 17.1. The summed E-state index contributed by atoms with van der Waals surface area (Å²) >= 11 is 2.38. The van der Waals surface area contributed by atoms with Gasteiger partial charge >= 0.3 is 0 Å². The minimum atomic E-state index is 1.09. The topological polar surface area (TPSA) is 6.48 Å². The zero-order valence-electron chi connectivity index (χ0n) is 35.1. The predicted molar refractivity (Wildman–Crippen MR) is 285 cm³/mol. The Morgan fingerprint density at radius 1 is 0.234 bits per heavy atom. The van der Waals surface area contributed by atoms with Crippen LogP contribution in [0.4, 0.5) is 34.1 Å². The van der Waals surface area contributed by atoms with E-state index in [-0.39, 0.29) is 0 Å². The normalized spacial score (nSPS) is 11.0. The molecule has 0 aliphatic heterocycles. The SMILES string of the molecule is Pc1cccc(-c2ccc(N(c3ccc(-c4ccccc4)cc3)c3ccc(-c4ccc(N(c5ccc(-c6ccccc6)cc5)c5ccc(-c6cccc(I)c6)cc5)cc4)cc3)cc2)c1. The Labute approximate surface area is 392 Å². The third-order valence-corrected chi connectivity index (χ3v) is 12.7. The number of hydrogen-bond donors (Lipinski definition) is 0. The van der Waals surface area contributed by atoms with Crippen LogP contribution < -0.4 is 15.1 Å². The van der Waals surface area contributed by atoms with E-state index in [0.717, 1.165) is 45.3 Å². The molecule has 0 N–H and O–H groups in total. The van der Waals surface area contributed by atoms with Gasteiger partial charge in [0.1, 0.15) is 0 Å². The molecule has 0 fully saturated rings. The molecule has 10 rings (SSSR count). The van der Waals surface area contributed by atoms with E-state index in [0.29, 0.717) is 0 Å². The lowest BCUT2D eigenvalue weighted by Crippen LogP contribution is -2.10. The largest absolute Gasteiger partial charge is 0.311 e. The minimum absolute atomic E-state index is 1.09. The third kappa shape index (κ3) is 9.05. The fraction of sp³-hybridized carbons (Fsp3) is 0. The van der Waals surface area contributed by atoms with E-state index < -0.39 is 0 Å². The maximum atomic E-state index is 2.81. The van der Waals surface area contributed by atoms with E-state index in [9.17, 15) is 0 Å². The van der Waals surface area contributed by atoms with Gasteiger partial charge in [-0.1, -0.05) is 164 Å². The van der Waals surface area contributed by atoms with Crippen molar-refractivity contribution in [2.24, 2.45) is 0 Å². The number of rotatable bonds is 11. The van der Waals surface area contributed by atoms with E-state index in [2.05, 4.69) is 296 Å². The number of benzene rings is 10. The average molecular weight is 951 g/mol. The summed E-state index contributed by atoms with van der Waals surface area (Å²) in [5.41, 5.74) is 18.5. The molecular formula is C60H44IN2P. The fourth-order valence-corrected chi connectivity index (χ4v) is 9.19. The van der Waals surface area contributed by atoms with Crippen molar-refractivity contribution in [2.45, 2.75) is 0 Å². The number of hydrogen-bond acceptors (Lipinski definition) is 2. The number of nitrogens with zero attached hydrogens (tertiary/aromatic N) is 2. The van der Waals surface area contributed by atoms with Crippen LogP contribution >= 0.6 is 31.8 Å². The van der Waals surface area contributed by atoms with Crippen LogP contribution in [0.1, 0.15) is 0 Å². The summed E-state index contributed by atoms with van der Waals surface area (Å²) in [6.07, 6.45) is 0. The monoisotopic (exact) mass is 950 g/mol. The molecule has 64 heavy (non-hydrogen) atoms. The Morgan fingerprint density at radius 3 is 0.781 bits per heavy atom. The van der Waals surface area contributed by atoms with Crippen LogP contribution in [0.5, 0.6) is 0 Å². The molecule has 0 heterocycles. The molecule has 0 aromatic heterocycles. The second-order valence-corrected chi connectivity index (χ2v) is 17.7. The van der Waals surface area contributed by atoms with Crippen molar-refractivity contribution in [3.8, 4) is 55.6 Å². The Balaban J connectivity index is 0.962. The van der Waals surface area contributed by atoms with Gasteiger partial charge in [0.15, 0.2) is 0 Å². The van der Waals surface area contributed by atoms with Crippen molar-refractivity contribution in [2.75, 3.05) is 9.80 Å². The van der Waals surface area contributed by atoms with Crippen LogP contribution in [0.3, 0.4) is 0 Å². The van der Waals surface area contributed by atoms with Gasteiger partial charge in [0.2, 0.25) is 0 Å². The Morgan fingerprint density at radius 2 is 0.484 bits per heavy atom. The molecule has 1 atom stereocenters. The first-order chi connectivity index (χ1) is 31.5. The van der Waals surface area contributed by atoms with Gasteiger partial charge in [0.05, 0.1) is 0 Å². The van der Waals surface area contributed by atoms with Gasteiger partial charge in [-0.05, 0) is 175 Å². The van der Waals surface area contributed by atoms with Crippen LogP contribution in [0.2, 0.25) is 0 Å². The molecule has 0 aliphatic rings. The summed E-state index contributed by atoms with van der Waals surface area (Å²) in [5.74, 6) is 0. The molecule has 10 aromatic rings. The summed E-state index contributed by atoms with van der Waals surface area (Å²) in [6, 6.07) is 91.7. The van der Waals surface area contributed by atoms with Gasteiger partial charge in [0.25, 0.3) is 0 Å². The highest BCUT2D eigenvalue weighted by molar-refractivity contribution is 14.1. The van der Waals surface area contributed by atoms with Gasteiger partial charge in [-0.2, -0.15) is 0 Å². The van der Waals surface area contributed by atoms with Crippen LogP contribution in [-0.4, -0.2) is 0 Å². The third-order valence-electron chi connectivity index (χ3n) is 11.7. The summed E-state index contributed by atoms with van der Waals surface area (Å²) in [7, 11) is 2.81. The van der Waals surface area contributed by atoms with E-state index in [1.807, 2.05) is 0 Å². The Kier molecular flexibility index (Phi) is 12.0. The smallest absolute Gasteiger partial charge is 0.0462 e. The molecule has 306 valence electrons. The van der Waals surface area contributed by atoms with Gasteiger partial charge in [-0.15, -0.1) is 9.24 Å². The van der Waals surface area contributed by atoms with Crippen molar-refractivity contribution in [1.82, 2.24) is 0 Å². The molecule has 0 saturated heterocycles. The first-order valence-corrected chi connectivity index (χ1v) is 23.1. The van der Waals surface area contributed by atoms with Gasteiger partial charge in [-0.3, -0.25) is 0 Å². The first-order valence-electron chi connectivity index (χ1n) is 21.5. The van der Waals surface area contributed by atoms with Crippen molar-refractivity contribution in [3.63, 3.8) is 0 Å². The highest BCUT2D eigenvalue weighted by atomic mass is 127. The second-order valence-electron chi connectivity index (χ2n) is 15.8. The molecule has 0 aliphatic carbocycles. The second kappa shape index (κ2) is 18.7. The molecule has 4 heteroatoms. The zero-order valence-corrected chi connectivity index (χ0v) is 38.4. The molecule has 10 aromatic carbocycles. The lowest BCUT2D eigenvalue weighted by atomic mass is 10.0. The average Bonchev–Trinajstić information content (AvgIpc) is 3.36. The van der Waals surface area contributed by atoms with Crippen LogP contribution in [0.15, 0.2) is 255 Å². The van der Waals surface area contributed by atoms with E-state index in [1.54, 1.807) is 0 Å². The van der Waals surface area contributed by atoms with E-state index >= 15 is 0 Å². The summed E-state index contributed by atoms with van der Waals surface area (Å²) in [5, 5.41) is 1.17. The van der Waals surface area contributed by atoms with Gasteiger partial charge in [-0.25, -0.2) is 0 Å². The van der Waals surface area contributed by atoms with Crippen molar-refractivity contribution in [1.29, 1.82) is 0 Å². The molecule has 2 nitrogen and oxygen atoms in total. The minimum Gasteiger partial charge on any atom is -0.311 e. The highest BCUT2D eigenvalue weighted by Gasteiger charge is 2.16. The van der Waals surface area contributed by atoms with E-state index in [1.165, 1.54) is 53.4 Å². The Hall–Kier alpha value is -7.04. The van der Waals surface area contributed by atoms with Crippen LogP contribution in [0, 0.1) is 3.57 Å². The van der Waals surface area contributed by atoms with Crippen LogP contribution in [0.25, 0.3) is 55.6 Å². The standard InChI is InChI=1S/C60H44IN2P/c61-53-15-7-13-51(41-53)49-25-37-58(38-26-49)62(54-29-17-45(18-30-54)43-9-3-1-4-10-43)56-33-21-47(22-34-56)48-23-35-57(36-24-48)63(55-31-19-46(20-32-55)44-11-5-2-6-12-44)59-39-27-50(28-40-59)52-14-8-16-60(64)42-52/h1-42H,64H2. The molecule has 0 radical (unpaired) electrons. The van der Waals surface area contributed by atoms with Crippen LogP contribution in [-0.2, 0) is 0 Å². The zero-order chi connectivity index (χ0) is 43.2. The molecule has 1 unspecified atom stereocenters. The summed E-state index contributed by atoms with van der Waals surface area (Å²) in [6.45, 7) is 0. The first kappa shape index (κ1) is 41.0. The highest BCUT2D eigenvalue weighted by Crippen LogP contribution is 2.40. The lowest BCUT2D eigenvalue weighted by molar-refractivity contribution is 1.28. The molecular weight excluding hydrogens is 907 g/mol. The van der Waals surface area contributed by atoms with Gasteiger partial charge < -0.3 is 9.80 Å². The maximum absolute atomic E-state index is 2.81. The quantitative estimate of drug-likeness (QED) is 0.0942. The number of anilines is 6. The van der Waals surface area contributed by atoms with E-state index in [4.69, 9.17) is 0 Å². The maximum Gasteiger partial charge on any atom is 0.0462 e. The summed E-state index contributed by atoms with van der Waals surface area (Å²) in [4.78, 5) is 4.67. The summed E-state index contributed by atoms with van der Waals surface area (Å²) < 4.78 is 1.23. The van der Waals surface area contributed by atoms with Crippen molar-refractivity contribution in [3.05, 3.63) is 258 Å². The molecule has 0 amide bonds. The fourth-order valence-electron chi connectivity index (χ4n) is 8.36. The lowest BCUT2D eigenvalue weighted by Gasteiger charge is -2.27. The van der Waals surface area contributed by atoms with Crippen molar-refractivity contribution < 1.29 is 0 Å².